The van der Waals surface area contributed by atoms with Gasteiger partial charge in [0.15, 0.2) is 0 Å². The summed E-state index contributed by atoms with van der Waals surface area (Å²) in [5.41, 5.74) is 0.320. The third-order valence-corrected chi connectivity index (χ3v) is 3.52. The third kappa shape index (κ3) is 9.42. The molecule has 0 amide bonds. The van der Waals surface area contributed by atoms with E-state index in [1.165, 1.54) is 12.8 Å². The van der Waals surface area contributed by atoms with E-state index in [0.29, 0.717) is 5.41 Å². The molecule has 1 saturated carbocycles. The van der Waals surface area contributed by atoms with Crippen molar-refractivity contribution in [2.24, 2.45) is 17.3 Å². The molecule has 1 aliphatic carbocycles. The van der Waals surface area contributed by atoms with Gasteiger partial charge in [-0.3, -0.25) is 0 Å². The minimum Gasteiger partial charge on any atom is -0.380 e. The van der Waals surface area contributed by atoms with Gasteiger partial charge in [0, 0.05) is 26.2 Å². The molecule has 0 aromatic rings. The molecular weight excluding hydrogens is 236 g/mol. The average Bonchev–Trinajstić information content (AvgIpc) is 3.06. The van der Waals surface area contributed by atoms with Gasteiger partial charge >= 0.3 is 0 Å². The van der Waals surface area contributed by atoms with Crippen molar-refractivity contribution < 1.29 is 4.74 Å². The molecule has 1 N–H and O–H groups in total. The molecule has 1 aliphatic rings. The summed E-state index contributed by atoms with van der Waals surface area (Å²) in [7, 11) is 2.20. The van der Waals surface area contributed by atoms with Crippen LogP contribution >= 0.6 is 0 Å². The maximum atomic E-state index is 5.70. The molecule has 0 aliphatic heterocycles. The monoisotopic (exact) mass is 270 g/mol. The summed E-state index contributed by atoms with van der Waals surface area (Å²) in [5.74, 6) is 1.60. The van der Waals surface area contributed by atoms with Gasteiger partial charge < -0.3 is 15.0 Å². The van der Waals surface area contributed by atoms with E-state index in [9.17, 15) is 0 Å². The third-order valence-electron chi connectivity index (χ3n) is 3.52. The Hall–Kier alpha value is -0.120. The number of hydrogen-bond acceptors (Lipinski definition) is 3. The predicted octanol–water partition coefficient (Wildman–Crippen LogP) is 2.62. The Morgan fingerprint density at radius 3 is 2.58 bits per heavy atom. The van der Waals surface area contributed by atoms with E-state index >= 15 is 0 Å². The first-order valence-corrected chi connectivity index (χ1v) is 7.86. The second kappa shape index (κ2) is 8.23. The Morgan fingerprint density at radius 1 is 1.32 bits per heavy atom. The number of hydrogen-bond donors (Lipinski definition) is 1. The molecule has 1 rings (SSSR count). The van der Waals surface area contributed by atoms with Gasteiger partial charge in [-0.05, 0) is 43.7 Å². The van der Waals surface area contributed by atoms with E-state index in [0.717, 1.165) is 51.2 Å². The molecule has 0 aromatic heterocycles. The standard InChI is InChI=1S/C16H34N2O/c1-14(2)10-17-12-16(3,4)13-18(5)8-9-19-11-15-6-7-15/h14-15,17H,6-13H2,1-5H3. The summed E-state index contributed by atoms with van der Waals surface area (Å²) in [6.45, 7) is 15.4. The van der Waals surface area contributed by atoms with Crippen LogP contribution in [0, 0.1) is 17.3 Å². The molecule has 3 nitrogen and oxygen atoms in total. The highest BCUT2D eigenvalue weighted by Crippen LogP contribution is 2.28. The molecule has 0 heterocycles. The van der Waals surface area contributed by atoms with Crippen LogP contribution in [0.5, 0.6) is 0 Å². The van der Waals surface area contributed by atoms with Crippen LogP contribution in [-0.4, -0.2) is 51.3 Å². The lowest BCUT2D eigenvalue weighted by molar-refractivity contribution is 0.0916. The van der Waals surface area contributed by atoms with Gasteiger partial charge in [-0.15, -0.1) is 0 Å². The molecular formula is C16H34N2O. The number of likely N-dealkylation sites (N-methyl/N-ethyl adjacent to an activating group) is 1. The fourth-order valence-corrected chi connectivity index (χ4v) is 2.32. The summed E-state index contributed by atoms with van der Waals surface area (Å²) in [6.07, 6.45) is 2.76. The lowest BCUT2D eigenvalue weighted by Crippen LogP contribution is -2.40. The highest BCUT2D eigenvalue weighted by Gasteiger charge is 2.22. The molecule has 0 unspecified atom stereocenters. The van der Waals surface area contributed by atoms with Crippen molar-refractivity contribution in [3.05, 3.63) is 0 Å². The summed E-state index contributed by atoms with van der Waals surface area (Å²) in [5, 5.41) is 3.56. The zero-order valence-corrected chi connectivity index (χ0v) is 13.7. The number of nitrogens with one attached hydrogen (secondary N) is 1. The van der Waals surface area contributed by atoms with Crippen LogP contribution in [-0.2, 0) is 4.74 Å². The second-order valence-electron chi connectivity index (χ2n) is 7.45. The second-order valence-corrected chi connectivity index (χ2v) is 7.45. The SMILES string of the molecule is CC(C)CNCC(C)(C)CN(C)CCOCC1CC1. The Kier molecular flexibility index (Phi) is 7.33. The van der Waals surface area contributed by atoms with E-state index in [4.69, 9.17) is 4.74 Å². The molecule has 0 spiro atoms. The van der Waals surface area contributed by atoms with Crippen molar-refractivity contribution in [1.29, 1.82) is 0 Å². The van der Waals surface area contributed by atoms with Crippen LogP contribution in [0.3, 0.4) is 0 Å². The molecule has 0 aromatic carbocycles. The minimum absolute atomic E-state index is 0.320. The first-order chi connectivity index (χ1) is 8.89. The molecule has 3 heteroatoms. The lowest BCUT2D eigenvalue weighted by atomic mass is 9.92. The first-order valence-electron chi connectivity index (χ1n) is 7.86. The van der Waals surface area contributed by atoms with Crippen LogP contribution in [0.2, 0.25) is 0 Å². The zero-order chi connectivity index (χ0) is 14.3. The van der Waals surface area contributed by atoms with Gasteiger partial charge in [0.1, 0.15) is 0 Å². The van der Waals surface area contributed by atoms with Crippen molar-refractivity contribution >= 4 is 0 Å². The van der Waals surface area contributed by atoms with Crippen molar-refractivity contribution in [2.45, 2.75) is 40.5 Å². The van der Waals surface area contributed by atoms with Crippen LogP contribution < -0.4 is 5.32 Å². The van der Waals surface area contributed by atoms with E-state index in [1.54, 1.807) is 0 Å². The van der Waals surface area contributed by atoms with Crippen molar-refractivity contribution in [1.82, 2.24) is 10.2 Å². The molecule has 0 atom stereocenters. The van der Waals surface area contributed by atoms with E-state index in [2.05, 4.69) is 45.0 Å². The maximum Gasteiger partial charge on any atom is 0.0593 e. The van der Waals surface area contributed by atoms with Crippen LogP contribution in [0.25, 0.3) is 0 Å². The number of ether oxygens (including phenoxy) is 1. The largest absolute Gasteiger partial charge is 0.380 e. The van der Waals surface area contributed by atoms with Crippen molar-refractivity contribution in [3.8, 4) is 0 Å². The van der Waals surface area contributed by atoms with Crippen molar-refractivity contribution in [3.63, 3.8) is 0 Å². The average molecular weight is 270 g/mol. The van der Waals surface area contributed by atoms with E-state index in [1.807, 2.05) is 0 Å². The lowest BCUT2D eigenvalue weighted by Gasteiger charge is -2.31. The summed E-state index contributed by atoms with van der Waals surface area (Å²) < 4.78 is 5.70. The highest BCUT2D eigenvalue weighted by molar-refractivity contribution is 4.76. The van der Waals surface area contributed by atoms with Gasteiger partial charge in [0.05, 0.1) is 6.61 Å². The highest BCUT2D eigenvalue weighted by atomic mass is 16.5. The molecule has 0 radical (unpaired) electrons. The molecule has 1 fully saturated rings. The summed E-state index contributed by atoms with van der Waals surface area (Å²) in [6, 6.07) is 0. The van der Waals surface area contributed by atoms with Crippen LogP contribution in [0.1, 0.15) is 40.5 Å². The van der Waals surface area contributed by atoms with Crippen LogP contribution in [0.15, 0.2) is 0 Å². The Morgan fingerprint density at radius 2 is 2.00 bits per heavy atom. The number of nitrogens with zero attached hydrogens (tertiary/aromatic N) is 1. The molecule has 114 valence electrons. The molecule has 0 saturated heterocycles. The van der Waals surface area contributed by atoms with Gasteiger partial charge in [-0.2, -0.15) is 0 Å². The van der Waals surface area contributed by atoms with Crippen molar-refractivity contribution in [2.75, 3.05) is 46.4 Å². The summed E-state index contributed by atoms with van der Waals surface area (Å²) >= 11 is 0. The predicted molar refractivity (Wildman–Crippen MR) is 82.5 cm³/mol. The van der Waals surface area contributed by atoms with Crippen LogP contribution in [0.4, 0.5) is 0 Å². The Bertz CT molecular complexity index is 237. The smallest absolute Gasteiger partial charge is 0.0593 e. The topological polar surface area (TPSA) is 24.5 Å². The number of rotatable bonds is 11. The summed E-state index contributed by atoms with van der Waals surface area (Å²) in [4.78, 5) is 2.39. The Balaban J connectivity index is 2.04. The fourth-order valence-electron chi connectivity index (χ4n) is 2.32. The molecule has 0 bridgehead atoms. The van der Waals surface area contributed by atoms with E-state index in [-0.39, 0.29) is 0 Å². The first kappa shape index (κ1) is 16.9. The zero-order valence-electron chi connectivity index (χ0n) is 13.7. The maximum absolute atomic E-state index is 5.70. The van der Waals surface area contributed by atoms with Gasteiger partial charge in [-0.25, -0.2) is 0 Å². The van der Waals surface area contributed by atoms with Gasteiger partial charge in [0.2, 0.25) is 0 Å². The molecule has 19 heavy (non-hydrogen) atoms. The van der Waals surface area contributed by atoms with E-state index < -0.39 is 0 Å². The normalized spacial score (nSPS) is 16.6. The minimum atomic E-state index is 0.320. The quantitative estimate of drug-likeness (QED) is 0.584. The fraction of sp³-hybridized carbons (Fsp3) is 1.00. The van der Waals surface area contributed by atoms with Gasteiger partial charge in [-0.1, -0.05) is 27.7 Å². The van der Waals surface area contributed by atoms with Gasteiger partial charge in [0.25, 0.3) is 0 Å². The Labute approximate surface area is 120 Å².